The van der Waals surface area contributed by atoms with E-state index in [0.29, 0.717) is 0 Å². The molecule has 0 radical (unpaired) electrons. The molecule has 0 amide bonds. The minimum absolute atomic E-state index is 0.873. The van der Waals surface area contributed by atoms with E-state index in [9.17, 15) is 5.11 Å². The molecule has 0 aliphatic rings. The normalized spacial score (nSPS) is 15.2. The lowest BCUT2D eigenvalue weighted by atomic mass is 9.97. The van der Waals surface area contributed by atoms with Gasteiger partial charge in [-0.15, -0.1) is 0 Å². The number of hydrogen-bond acceptors (Lipinski definition) is 1. The average molecular weight is 274 g/mol. The van der Waals surface area contributed by atoms with Crippen LogP contribution in [-0.4, -0.2) is 5.11 Å². The first kappa shape index (κ1) is 9.74. The predicted octanol–water partition coefficient (Wildman–Crippen LogP) is 2.68. The molecule has 64 valence electrons. The third-order valence-corrected chi connectivity index (χ3v) is 2.55. The zero-order valence-electron chi connectivity index (χ0n) is 6.92. The number of benzene rings is 1. The summed E-state index contributed by atoms with van der Waals surface area (Å²) < 4.78 is 1.16. The van der Waals surface area contributed by atoms with Crippen molar-refractivity contribution >= 4 is 22.6 Å². The monoisotopic (exact) mass is 274 g/mol. The Bertz CT molecular complexity index is 274. The maximum absolute atomic E-state index is 9.76. The van der Waals surface area contributed by atoms with Crippen LogP contribution in [0.3, 0.4) is 0 Å². The summed E-state index contributed by atoms with van der Waals surface area (Å²) in [6, 6.07) is 7.74. The van der Waals surface area contributed by atoms with E-state index in [2.05, 4.69) is 29.2 Å². The lowest BCUT2D eigenvalue weighted by Gasteiger charge is -2.18. The highest BCUT2D eigenvalue weighted by Crippen LogP contribution is 2.21. The van der Waals surface area contributed by atoms with Gasteiger partial charge < -0.3 is 5.11 Å². The summed E-state index contributed by atoms with van der Waals surface area (Å²) in [5, 5.41) is 9.76. The maximum Gasteiger partial charge on any atom is 0.105 e. The SMILES string of the molecule is C=CC(C)(O)c1ccc(I)cc1. The van der Waals surface area contributed by atoms with Crippen molar-refractivity contribution in [2.75, 3.05) is 0 Å². The second kappa shape index (κ2) is 3.58. The Morgan fingerprint density at radius 2 is 1.92 bits per heavy atom. The summed E-state index contributed by atoms with van der Waals surface area (Å²) in [4.78, 5) is 0. The molecule has 0 saturated carbocycles. The minimum atomic E-state index is -0.912. The van der Waals surface area contributed by atoms with Gasteiger partial charge in [0, 0.05) is 3.57 Å². The number of rotatable bonds is 2. The van der Waals surface area contributed by atoms with Gasteiger partial charge in [0.25, 0.3) is 0 Å². The van der Waals surface area contributed by atoms with E-state index in [1.165, 1.54) is 6.08 Å². The van der Waals surface area contributed by atoms with Crippen molar-refractivity contribution in [2.45, 2.75) is 12.5 Å². The lowest BCUT2D eigenvalue weighted by Crippen LogP contribution is -2.16. The molecule has 0 aliphatic heterocycles. The largest absolute Gasteiger partial charge is 0.381 e. The molecule has 0 fully saturated rings. The highest BCUT2D eigenvalue weighted by atomic mass is 127. The fourth-order valence-electron chi connectivity index (χ4n) is 0.905. The Morgan fingerprint density at radius 1 is 1.42 bits per heavy atom. The average Bonchev–Trinajstić information content (AvgIpc) is 2.05. The van der Waals surface area contributed by atoms with Crippen LogP contribution in [-0.2, 0) is 5.60 Å². The molecule has 0 bridgehead atoms. The fourth-order valence-corrected chi connectivity index (χ4v) is 1.26. The number of hydrogen-bond donors (Lipinski definition) is 1. The van der Waals surface area contributed by atoms with E-state index in [-0.39, 0.29) is 0 Å². The molecule has 1 nitrogen and oxygen atoms in total. The van der Waals surface area contributed by atoms with Crippen molar-refractivity contribution < 1.29 is 5.11 Å². The van der Waals surface area contributed by atoms with Gasteiger partial charge in [-0.3, -0.25) is 0 Å². The van der Waals surface area contributed by atoms with Gasteiger partial charge in [-0.1, -0.05) is 24.8 Å². The van der Waals surface area contributed by atoms with Crippen LogP contribution < -0.4 is 0 Å². The first-order valence-corrected chi connectivity index (χ1v) is 4.76. The molecule has 0 aromatic heterocycles. The Balaban J connectivity index is 3.04. The molecule has 0 spiro atoms. The molecule has 1 aromatic carbocycles. The van der Waals surface area contributed by atoms with E-state index in [4.69, 9.17) is 0 Å². The second-order valence-corrected chi connectivity index (χ2v) is 4.10. The van der Waals surface area contributed by atoms with Crippen LogP contribution in [0.15, 0.2) is 36.9 Å². The van der Waals surface area contributed by atoms with Gasteiger partial charge in [-0.25, -0.2) is 0 Å². The topological polar surface area (TPSA) is 20.2 Å². The smallest absolute Gasteiger partial charge is 0.105 e. The van der Waals surface area contributed by atoms with Gasteiger partial charge in [0.2, 0.25) is 0 Å². The van der Waals surface area contributed by atoms with Crippen molar-refractivity contribution in [1.29, 1.82) is 0 Å². The van der Waals surface area contributed by atoms with E-state index in [1.54, 1.807) is 6.92 Å². The number of aliphatic hydroxyl groups is 1. The van der Waals surface area contributed by atoms with Crippen LogP contribution in [0.4, 0.5) is 0 Å². The summed E-state index contributed by atoms with van der Waals surface area (Å²) in [6.07, 6.45) is 1.54. The molecule has 1 N–H and O–H groups in total. The van der Waals surface area contributed by atoms with Crippen molar-refractivity contribution in [1.82, 2.24) is 0 Å². The van der Waals surface area contributed by atoms with E-state index >= 15 is 0 Å². The van der Waals surface area contributed by atoms with Crippen molar-refractivity contribution in [3.63, 3.8) is 0 Å². The van der Waals surface area contributed by atoms with Crippen molar-refractivity contribution in [3.8, 4) is 0 Å². The Morgan fingerprint density at radius 3 is 2.33 bits per heavy atom. The van der Waals surface area contributed by atoms with Gasteiger partial charge in [0.05, 0.1) is 0 Å². The Kier molecular flexibility index (Phi) is 2.90. The van der Waals surface area contributed by atoms with Gasteiger partial charge >= 0.3 is 0 Å². The van der Waals surface area contributed by atoms with E-state index in [0.717, 1.165) is 9.13 Å². The predicted molar refractivity (Wildman–Crippen MR) is 58.9 cm³/mol. The molecule has 0 heterocycles. The first-order valence-electron chi connectivity index (χ1n) is 3.68. The van der Waals surface area contributed by atoms with Crippen LogP contribution in [0, 0.1) is 3.57 Å². The molecule has 1 atom stereocenters. The molecular formula is C10H11IO. The van der Waals surface area contributed by atoms with E-state index < -0.39 is 5.60 Å². The number of halogens is 1. The Hall–Kier alpha value is -0.350. The summed E-state index contributed by atoms with van der Waals surface area (Å²) in [6.45, 7) is 5.30. The molecule has 12 heavy (non-hydrogen) atoms. The zero-order chi connectivity index (χ0) is 9.19. The van der Waals surface area contributed by atoms with Gasteiger partial charge in [0.1, 0.15) is 5.60 Å². The molecular weight excluding hydrogens is 263 g/mol. The zero-order valence-corrected chi connectivity index (χ0v) is 9.08. The first-order chi connectivity index (χ1) is 5.56. The van der Waals surface area contributed by atoms with Crippen LogP contribution in [0.25, 0.3) is 0 Å². The lowest BCUT2D eigenvalue weighted by molar-refractivity contribution is 0.111. The van der Waals surface area contributed by atoms with Gasteiger partial charge in [-0.05, 0) is 47.2 Å². The molecule has 0 aliphatic carbocycles. The van der Waals surface area contributed by atoms with Crippen molar-refractivity contribution in [3.05, 3.63) is 46.1 Å². The summed E-state index contributed by atoms with van der Waals surface area (Å²) in [5.74, 6) is 0. The Labute approximate surface area is 86.3 Å². The van der Waals surface area contributed by atoms with Crippen LogP contribution >= 0.6 is 22.6 Å². The molecule has 1 rings (SSSR count). The molecule has 1 unspecified atom stereocenters. The van der Waals surface area contributed by atoms with Gasteiger partial charge in [-0.2, -0.15) is 0 Å². The van der Waals surface area contributed by atoms with Crippen LogP contribution in [0.2, 0.25) is 0 Å². The third kappa shape index (κ3) is 2.08. The second-order valence-electron chi connectivity index (χ2n) is 2.86. The van der Waals surface area contributed by atoms with Gasteiger partial charge in [0.15, 0.2) is 0 Å². The highest BCUT2D eigenvalue weighted by Gasteiger charge is 2.17. The standard InChI is InChI=1S/C10H11IO/c1-3-10(2,12)8-4-6-9(11)7-5-8/h3-7,12H,1H2,2H3. The summed E-state index contributed by atoms with van der Waals surface area (Å²) in [7, 11) is 0. The summed E-state index contributed by atoms with van der Waals surface area (Å²) in [5.41, 5.74) is -0.0393. The fraction of sp³-hybridized carbons (Fsp3) is 0.200. The molecule has 0 saturated heterocycles. The minimum Gasteiger partial charge on any atom is -0.381 e. The summed E-state index contributed by atoms with van der Waals surface area (Å²) >= 11 is 2.23. The van der Waals surface area contributed by atoms with Crippen LogP contribution in [0.1, 0.15) is 12.5 Å². The molecule has 2 heteroatoms. The molecule has 1 aromatic rings. The third-order valence-electron chi connectivity index (χ3n) is 1.83. The van der Waals surface area contributed by atoms with Crippen molar-refractivity contribution in [2.24, 2.45) is 0 Å². The van der Waals surface area contributed by atoms with Crippen LogP contribution in [0.5, 0.6) is 0 Å². The van der Waals surface area contributed by atoms with E-state index in [1.807, 2.05) is 24.3 Å². The maximum atomic E-state index is 9.76. The highest BCUT2D eigenvalue weighted by molar-refractivity contribution is 14.1. The quantitative estimate of drug-likeness (QED) is 0.649.